The molecule has 0 aromatic carbocycles. The number of rotatable bonds is 5. The molecular formula is C13H25N3O2. The second kappa shape index (κ2) is 7.36. The predicted molar refractivity (Wildman–Crippen MR) is 71.1 cm³/mol. The molecule has 1 fully saturated rings. The van der Waals surface area contributed by atoms with Gasteiger partial charge in [-0.2, -0.15) is 0 Å². The van der Waals surface area contributed by atoms with Crippen molar-refractivity contribution < 1.29 is 9.59 Å². The van der Waals surface area contributed by atoms with E-state index in [4.69, 9.17) is 0 Å². The number of carbonyl (C=O) groups excluding carboxylic acids is 2. The Bertz CT molecular complexity index is 294. The van der Waals surface area contributed by atoms with E-state index < -0.39 is 0 Å². The van der Waals surface area contributed by atoms with Crippen LogP contribution >= 0.6 is 0 Å². The summed E-state index contributed by atoms with van der Waals surface area (Å²) in [4.78, 5) is 25.1. The van der Waals surface area contributed by atoms with Crippen molar-refractivity contribution in [3.63, 3.8) is 0 Å². The van der Waals surface area contributed by atoms with E-state index in [0.717, 1.165) is 25.8 Å². The van der Waals surface area contributed by atoms with E-state index in [2.05, 4.69) is 17.6 Å². The average molecular weight is 255 g/mol. The lowest BCUT2D eigenvalue weighted by Gasteiger charge is -2.29. The van der Waals surface area contributed by atoms with Crippen molar-refractivity contribution in [2.45, 2.75) is 39.2 Å². The van der Waals surface area contributed by atoms with E-state index in [9.17, 15) is 9.59 Å². The quantitative estimate of drug-likeness (QED) is 0.745. The van der Waals surface area contributed by atoms with Gasteiger partial charge in [-0.15, -0.1) is 0 Å². The Labute approximate surface area is 109 Å². The molecule has 1 rings (SSSR count). The van der Waals surface area contributed by atoms with Crippen LogP contribution in [0.3, 0.4) is 0 Å². The minimum absolute atomic E-state index is 0.0475. The van der Waals surface area contributed by atoms with Crippen molar-refractivity contribution >= 4 is 11.8 Å². The summed E-state index contributed by atoms with van der Waals surface area (Å²) in [6.07, 6.45) is 3.13. The maximum Gasteiger partial charge on any atom is 0.241 e. The number of carbonyl (C=O) groups is 2. The third-order valence-electron chi connectivity index (χ3n) is 3.72. The summed E-state index contributed by atoms with van der Waals surface area (Å²) in [5, 5.41) is 5.93. The lowest BCUT2D eigenvalue weighted by Crippen LogP contribution is -2.50. The third-order valence-corrected chi connectivity index (χ3v) is 3.72. The minimum Gasteiger partial charge on any atom is -0.346 e. The molecule has 0 bridgehead atoms. The average Bonchev–Trinajstić information content (AvgIpc) is 2.43. The van der Waals surface area contributed by atoms with Gasteiger partial charge in [-0.1, -0.05) is 13.3 Å². The van der Waals surface area contributed by atoms with Crippen LogP contribution in [0.25, 0.3) is 0 Å². The first kappa shape index (κ1) is 15.0. The molecule has 5 heteroatoms. The van der Waals surface area contributed by atoms with Gasteiger partial charge in [0.1, 0.15) is 0 Å². The largest absolute Gasteiger partial charge is 0.346 e. The van der Waals surface area contributed by atoms with Crippen molar-refractivity contribution in [3.8, 4) is 0 Å². The molecule has 0 spiro atoms. The highest BCUT2D eigenvalue weighted by Gasteiger charge is 2.26. The van der Waals surface area contributed by atoms with Crippen molar-refractivity contribution in [1.29, 1.82) is 0 Å². The van der Waals surface area contributed by atoms with Gasteiger partial charge in [0, 0.05) is 13.6 Å². The summed E-state index contributed by atoms with van der Waals surface area (Å²) >= 11 is 0. The second-order valence-corrected chi connectivity index (χ2v) is 4.93. The van der Waals surface area contributed by atoms with E-state index in [1.165, 1.54) is 0 Å². The molecule has 1 heterocycles. The van der Waals surface area contributed by atoms with Gasteiger partial charge in [0.2, 0.25) is 11.8 Å². The topological polar surface area (TPSA) is 61.4 Å². The Morgan fingerprint density at radius 1 is 1.39 bits per heavy atom. The number of nitrogens with zero attached hydrogens (tertiary/aromatic N) is 1. The van der Waals surface area contributed by atoms with Crippen LogP contribution in [-0.4, -0.2) is 49.4 Å². The molecule has 0 aliphatic carbocycles. The maximum absolute atomic E-state index is 11.9. The molecule has 1 aliphatic heterocycles. The summed E-state index contributed by atoms with van der Waals surface area (Å²) in [5.74, 6) is 0.524. The zero-order chi connectivity index (χ0) is 13.5. The standard InChI is InChI=1S/C13H25N3O2/c1-4-10-6-7-14-11(8-10)13(18)15-9-12(17)16(3)5-2/h10-11,14H,4-9H2,1-3H3,(H,15,18). The lowest BCUT2D eigenvalue weighted by molar-refractivity contribution is -0.132. The molecule has 1 aliphatic rings. The monoisotopic (exact) mass is 255 g/mol. The first-order valence-corrected chi connectivity index (χ1v) is 6.83. The number of likely N-dealkylation sites (N-methyl/N-ethyl adjacent to an activating group) is 1. The Morgan fingerprint density at radius 2 is 2.11 bits per heavy atom. The normalized spacial score (nSPS) is 23.5. The van der Waals surface area contributed by atoms with Crippen LogP contribution in [0.2, 0.25) is 0 Å². The Hall–Kier alpha value is -1.10. The molecule has 1 saturated heterocycles. The fourth-order valence-electron chi connectivity index (χ4n) is 2.16. The van der Waals surface area contributed by atoms with Crippen LogP contribution < -0.4 is 10.6 Å². The SMILES string of the molecule is CCC1CCNC(C(=O)NCC(=O)N(C)CC)C1. The van der Waals surface area contributed by atoms with Crippen LogP contribution in [0.1, 0.15) is 33.1 Å². The fourth-order valence-corrected chi connectivity index (χ4v) is 2.16. The van der Waals surface area contributed by atoms with Gasteiger partial charge in [0.05, 0.1) is 12.6 Å². The van der Waals surface area contributed by atoms with Gasteiger partial charge < -0.3 is 15.5 Å². The Morgan fingerprint density at radius 3 is 2.72 bits per heavy atom. The van der Waals surface area contributed by atoms with Crippen molar-refractivity contribution in [3.05, 3.63) is 0 Å². The zero-order valence-corrected chi connectivity index (χ0v) is 11.7. The zero-order valence-electron chi connectivity index (χ0n) is 11.7. The molecule has 2 atom stereocenters. The molecule has 2 N–H and O–H groups in total. The van der Waals surface area contributed by atoms with Crippen LogP contribution in [-0.2, 0) is 9.59 Å². The van der Waals surface area contributed by atoms with Crippen molar-refractivity contribution in [1.82, 2.24) is 15.5 Å². The van der Waals surface area contributed by atoms with Crippen LogP contribution in [0.5, 0.6) is 0 Å². The molecule has 2 unspecified atom stereocenters. The summed E-state index contributed by atoms with van der Waals surface area (Å²) in [7, 11) is 1.74. The molecule has 0 aromatic heterocycles. The van der Waals surface area contributed by atoms with Gasteiger partial charge in [0.25, 0.3) is 0 Å². The molecule has 0 radical (unpaired) electrons. The molecule has 0 aromatic rings. The van der Waals surface area contributed by atoms with Gasteiger partial charge in [-0.25, -0.2) is 0 Å². The van der Waals surface area contributed by atoms with E-state index in [1.807, 2.05) is 6.92 Å². The van der Waals surface area contributed by atoms with Crippen molar-refractivity contribution in [2.75, 3.05) is 26.7 Å². The molecule has 0 saturated carbocycles. The minimum atomic E-state index is -0.136. The second-order valence-electron chi connectivity index (χ2n) is 4.93. The number of piperidine rings is 1. The highest BCUT2D eigenvalue weighted by molar-refractivity contribution is 5.87. The van der Waals surface area contributed by atoms with Gasteiger partial charge in [-0.05, 0) is 32.2 Å². The maximum atomic E-state index is 11.9. The fraction of sp³-hybridized carbons (Fsp3) is 0.846. The summed E-state index contributed by atoms with van der Waals surface area (Å²) < 4.78 is 0. The van der Waals surface area contributed by atoms with E-state index in [-0.39, 0.29) is 24.4 Å². The number of hydrogen-bond donors (Lipinski definition) is 2. The van der Waals surface area contributed by atoms with Crippen molar-refractivity contribution in [2.24, 2.45) is 5.92 Å². The first-order chi connectivity index (χ1) is 8.58. The number of hydrogen-bond acceptors (Lipinski definition) is 3. The van der Waals surface area contributed by atoms with E-state index >= 15 is 0 Å². The summed E-state index contributed by atoms with van der Waals surface area (Å²) in [6.45, 7) is 5.71. The Balaban J connectivity index is 2.34. The summed E-state index contributed by atoms with van der Waals surface area (Å²) in [5.41, 5.74) is 0. The van der Waals surface area contributed by atoms with Gasteiger partial charge in [0.15, 0.2) is 0 Å². The highest BCUT2D eigenvalue weighted by atomic mass is 16.2. The van der Waals surface area contributed by atoms with Gasteiger partial charge >= 0.3 is 0 Å². The van der Waals surface area contributed by atoms with E-state index in [0.29, 0.717) is 12.5 Å². The molecule has 5 nitrogen and oxygen atoms in total. The van der Waals surface area contributed by atoms with Gasteiger partial charge in [-0.3, -0.25) is 9.59 Å². The molecule has 2 amide bonds. The highest BCUT2D eigenvalue weighted by Crippen LogP contribution is 2.19. The van der Waals surface area contributed by atoms with Crippen LogP contribution in [0, 0.1) is 5.92 Å². The first-order valence-electron chi connectivity index (χ1n) is 6.83. The number of amides is 2. The van der Waals surface area contributed by atoms with Crippen LogP contribution in [0.4, 0.5) is 0 Å². The van der Waals surface area contributed by atoms with E-state index in [1.54, 1.807) is 11.9 Å². The summed E-state index contributed by atoms with van der Waals surface area (Å²) in [6, 6.07) is -0.136. The number of nitrogens with one attached hydrogen (secondary N) is 2. The molecular weight excluding hydrogens is 230 g/mol. The predicted octanol–water partition coefficient (Wildman–Crippen LogP) is 0.359. The molecule has 104 valence electrons. The Kier molecular flexibility index (Phi) is 6.12. The lowest BCUT2D eigenvalue weighted by atomic mass is 9.90. The smallest absolute Gasteiger partial charge is 0.241 e. The third kappa shape index (κ3) is 4.29. The van der Waals surface area contributed by atoms with Crippen LogP contribution in [0.15, 0.2) is 0 Å². The molecule has 18 heavy (non-hydrogen) atoms.